The Morgan fingerprint density at radius 1 is 1.23 bits per heavy atom. The third kappa shape index (κ3) is 2.22. The van der Waals surface area contributed by atoms with E-state index < -0.39 is 0 Å². The summed E-state index contributed by atoms with van der Waals surface area (Å²) in [6, 6.07) is 7.88. The van der Waals surface area contributed by atoms with E-state index in [0.29, 0.717) is 0 Å². The third-order valence-electron chi connectivity index (χ3n) is 1.93. The number of rotatable bonds is 1. The predicted molar refractivity (Wildman–Crippen MR) is 54.4 cm³/mol. The van der Waals surface area contributed by atoms with E-state index in [1.807, 2.05) is 30.5 Å². The molecule has 1 aromatic carbocycles. The van der Waals surface area contributed by atoms with E-state index in [1.165, 1.54) is 0 Å². The zero-order chi connectivity index (χ0) is 9.90. The number of nitriles is 1. The monoisotopic (exact) mass is 174 g/mol. The lowest BCUT2D eigenvalue weighted by Gasteiger charge is -2.21. The Kier molecular flexibility index (Phi) is 2.57. The Labute approximate surface area is 79.2 Å². The van der Waals surface area contributed by atoms with Crippen LogP contribution in [-0.2, 0) is 5.41 Å². The molecule has 0 saturated heterocycles. The molecule has 2 nitrogen and oxygen atoms in total. The van der Waals surface area contributed by atoms with Crippen molar-refractivity contribution >= 4 is 5.69 Å². The molecule has 0 aliphatic rings. The third-order valence-corrected chi connectivity index (χ3v) is 1.93. The van der Waals surface area contributed by atoms with Crippen LogP contribution in [0.1, 0.15) is 26.3 Å². The smallest absolute Gasteiger partial charge is 0.181 e. The molecule has 0 aromatic heterocycles. The van der Waals surface area contributed by atoms with Gasteiger partial charge in [0.2, 0.25) is 0 Å². The van der Waals surface area contributed by atoms with Gasteiger partial charge in [-0.3, -0.25) is 5.32 Å². The van der Waals surface area contributed by atoms with Crippen molar-refractivity contribution in [3.63, 3.8) is 0 Å². The zero-order valence-electron chi connectivity index (χ0n) is 8.26. The maximum Gasteiger partial charge on any atom is 0.181 e. The second-order valence-corrected chi connectivity index (χ2v) is 4.03. The van der Waals surface area contributed by atoms with Gasteiger partial charge in [0.25, 0.3) is 0 Å². The molecule has 0 unspecified atom stereocenters. The number of nitrogens with zero attached hydrogens (tertiary/aromatic N) is 1. The van der Waals surface area contributed by atoms with Gasteiger partial charge in [-0.25, -0.2) is 0 Å². The van der Waals surface area contributed by atoms with Crippen LogP contribution >= 0.6 is 0 Å². The highest BCUT2D eigenvalue weighted by atomic mass is 14.9. The summed E-state index contributed by atoms with van der Waals surface area (Å²) in [7, 11) is 0. The number of benzene rings is 1. The molecular formula is C11H14N2. The quantitative estimate of drug-likeness (QED) is 0.525. The molecular weight excluding hydrogens is 160 g/mol. The molecule has 1 N–H and O–H groups in total. The number of hydrogen-bond acceptors (Lipinski definition) is 2. The molecule has 0 fully saturated rings. The zero-order valence-corrected chi connectivity index (χ0v) is 8.26. The van der Waals surface area contributed by atoms with E-state index in [1.54, 1.807) is 0 Å². The Morgan fingerprint density at radius 2 is 1.85 bits per heavy atom. The largest absolute Gasteiger partial charge is 0.293 e. The van der Waals surface area contributed by atoms with Crippen LogP contribution in [0.2, 0.25) is 0 Å². The number of para-hydroxylation sites is 1. The minimum atomic E-state index is 0.0699. The van der Waals surface area contributed by atoms with Gasteiger partial charge in [-0.05, 0) is 17.0 Å². The van der Waals surface area contributed by atoms with E-state index in [4.69, 9.17) is 5.26 Å². The number of nitrogens with one attached hydrogen (secondary N) is 1. The lowest BCUT2D eigenvalue weighted by atomic mass is 9.86. The Balaban J connectivity index is 3.14. The molecule has 2 heteroatoms. The summed E-state index contributed by atoms with van der Waals surface area (Å²) in [6.45, 7) is 6.39. The Bertz CT molecular complexity index is 329. The second kappa shape index (κ2) is 3.49. The normalized spacial score (nSPS) is 10.6. The van der Waals surface area contributed by atoms with Crippen LogP contribution < -0.4 is 5.32 Å². The minimum Gasteiger partial charge on any atom is -0.293 e. The SMILES string of the molecule is CC(C)(C)c1ccccc1NC#N. The van der Waals surface area contributed by atoms with Crippen LogP contribution in [0.25, 0.3) is 0 Å². The first-order valence-corrected chi connectivity index (χ1v) is 4.30. The highest BCUT2D eigenvalue weighted by Crippen LogP contribution is 2.28. The molecule has 0 aliphatic heterocycles. The van der Waals surface area contributed by atoms with Crippen molar-refractivity contribution in [2.75, 3.05) is 5.32 Å². The first-order chi connectivity index (χ1) is 6.05. The molecule has 0 aliphatic carbocycles. The van der Waals surface area contributed by atoms with Gasteiger partial charge in [0, 0.05) is 0 Å². The van der Waals surface area contributed by atoms with Gasteiger partial charge in [0.1, 0.15) is 0 Å². The van der Waals surface area contributed by atoms with Gasteiger partial charge in [-0.1, -0.05) is 39.0 Å². The molecule has 0 heterocycles. The van der Waals surface area contributed by atoms with Gasteiger partial charge in [-0.15, -0.1) is 0 Å². The van der Waals surface area contributed by atoms with Crippen LogP contribution in [0.15, 0.2) is 24.3 Å². The average Bonchev–Trinajstić information content (AvgIpc) is 2.04. The number of hydrogen-bond donors (Lipinski definition) is 1. The minimum absolute atomic E-state index is 0.0699. The van der Waals surface area contributed by atoms with E-state index in [2.05, 4.69) is 26.1 Å². The van der Waals surface area contributed by atoms with Gasteiger partial charge in [0.05, 0.1) is 5.69 Å². The molecule has 13 heavy (non-hydrogen) atoms. The molecule has 0 atom stereocenters. The summed E-state index contributed by atoms with van der Waals surface area (Å²) in [5.41, 5.74) is 2.13. The van der Waals surface area contributed by atoms with Crippen molar-refractivity contribution in [1.29, 1.82) is 5.26 Å². The Morgan fingerprint density at radius 3 is 2.38 bits per heavy atom. The predicted octanol–water partition coefficient (Wildman–Crippen LogP) is 2.88. The van der Waals surface area contributed by atoms with Crippen molar-refractivity contribution in [2.45, 2.75) is 26.2 Å². The van der Waals surface area contributed by atoms with Crippen molar-refractivity contribution in [2.24, 2.45) is 0 Å². The maximum absolute atomic E-state index is 8.55. The van der Waals surface area contributed by atoms with Crippen LogP contribution in [0.3, 0.4) is 0 Å². The molecule has 1 aromatic rings. The molecule has 0 bridgehead atoms. The second-order valence-electron chi connectivity index (χ2n) is 4.03. The molecule has 0 saturated carbocycles. The van der Waals surface area contributed by atoms with Crippen LogP contribution in [0, 0.1) is 11.5 Å². The van der Waals surface area contributed by atoms with Crippen molar-refractivity contribution in [3.05, 3.63) is 29.8 Å². The fourth-order valence-corrected chi connectivity index (χ4v) is 1.31. The summed E-state index contributed by atoms with van der Waals surface area (Å²) in [5, 5.41) is 11.2. The fraction of sp³-hybridized carbons (Fsp3) is 0.364. The summed E-state index contributed by atoms with van der Waals surface area (Å²) in [5.74, 6) is 0. The molecule has 0 radical (unpaired) electrons. The van der Waals surface area contributed by atoms with E-state index in [9.17, 15) is 0 Å². The first kappa shape index (κ1) is 9.60. The summed E-state index contributed by atoms with van der Waals surface area (Å²) in [6.07, 6.45) is 1.95. The highest BCUT2D eigenvalue weighted by molar-refractivity contribution is 5.56. The Hall–Kier alpha value is -1.49. The maximum atomic E-state index is 8.55. The summed E-state index contributed by atoms with van der Waals surface area (Å²) in [4.78, 5) is 0. The first-order valence-electron chi connectivity index (χ1n) is 4.30. The molecule has 1 rings (SSSR count). The van der Waals surface area contributed by atoms with Gasteiger partial charge in [-0.2, -0.15) is 5.26 Å². The van der Waals surface area contributed by atoms with Gasteiger partial charge >= 0.3 is 0 Å². The van der Waals surface area contributed by atoms with Crippen LogP contribution in [0.4, 0.5) is 5.69 Å². The van der Waals surface area contributed by atoms with Crippen LogP contribution in [-0.4, -0.2) is 0 Å². The fourth-order valence-electron chi connectivity index (χ4n) is 1.31. The van der Waals surface area contributed by atoms with E-state index >= 15 is 0 Å². The molecule has 0 spiro atoms. The average molecular weight is 174 g/mol. The lowest BCUT2D eigenvalue weighted by molar-refractivity contribution is 0.592. The van der Waals surface area contributed by atoms with Crippen LogP contribution in [0.5, 0.6) is 0 Å². The summed E-state index contributed by atoms with van der Waals surface area (Å²) >= 11 is 0. The van der Waals surface area contributed by atoms with E-state index in [0.717, 1.165) is 11.3 Å². The molecule has 68 valence electrons. The van der Waals surface area contributed by atoms with Crippen molar-refractivity contribution in [3.8, 4) is 6.19 Å². The standard InChI is InChI=1S/C11H14N2/c1-11(2,3)9-6-4-5-7-10(9)13-8-12/h4-7,13H,1-3H3. The summed E-state index contributed by atoms with van der Waals surface area (Å²) < 4.78 is 0. The van der Waals surface area contributed by atoms with E-state index in [-0.39, 0.29) is 5.41 Å². The van der Waals surface area contributed by atoms with Gasteiger partial charge in [0.15, 0.2) is 6.19 Å². The van der Waals surface area contributed by atoms with Gasteiger partial charge < -0.3 is 0 Å². The number of anilines is 1. The molecule has 0 amide bonds. The van der Waals surface area contributed by atoms with Crippen molar-refractivity contribution < 1.29 is 0 Å². The van der Waals surface area contributed by atoms with Crippen molar-refractivity contribution in [1.82, 2.24) is 0 Å². The topological polar surface area (TPSA) is 35.8 Å². The lowest BCUT2D eigenvalue weighted by Crippen LogP contribution is -2.13. The highest BCUT2D eigenvalue weighted by Gasteiger charge is 2.16.